The molecule has 0 spiro atoms. The lowest BCUT2D eigenvalue weighted by Crippen LogP contribution is -2.34. The Morgan fingerprint density at radius 1 is 1.53 bits per heavy atom. The fraction of sp³-hybridized carbons (Fsp3) is 0.583. The molecule has 0 amide bonds. The van der Waals surface area contributed by atoms with Crippen LogP contribution in [0.2, 0.25) is 0 Å². The topological polar surface area (TPSA) is 52.8 Å². The number of anilines is 1. The van der Waals surface area contributed by atoms with Crippen molar-refractivity contribution < 1.29 is 0 Å². The van der Waals surface area contributed by atoms with Gasteiger partial charge < -0.3 is 4.90 Å². The molecule has 4 nitrogen and oxygen atoms in total. The van der Waals surface area contributed by atoms with Gasteiger partial charge in [0.15, 0.2) is 0 Å². The second-order valence-corrected chi connectivity index (χ2v) is 5.06. The van der Waals surface area contributed by atoms with E-state index >= 15 is 0 Å². The molecule has 1 aliphatic rings. The highest BCUT2D eigenvalue weighted by molar-refractivity contribution is 9.10. The molecule has 0 bridgehead atoms. The summed E-state index contributed by atoms with van der Waals surface area (Å²) in [7, 11) is 0. The van der Waals surface area contributed by atoms with Crippen molar-refractivity contribution in [2.45, 2.75) is 38.6 Å². The maximum absolute atomic E-state index is 8.86. The molecule has 0 radical (unpaired) electrons. The van der Waals surface area contributed by atoms with E-state index in [4.69, 9.17) is 5.26 Å². The predicted octanol–water partition coefficient (Wildman–Crippen LogP) is 2.88. The molecule has 17 heavy (non-hydrogen) atoms. The number of hydrogen-bond acceptors (Lipinski definition) is 4. The van der Waals surface area contributed by atoms with Gasteiger partial charge in [-0.15, -0.1) is 0 Å². The van der Waals surface area contributed by atoms with Crippen LogP contribution >= 0.6 is 15.9 Å². The Hall–Kier alpha value is -1.15. The molecule has 1 heterocycles. The summed E-state index contributed by atoms with van der Waals surface area (Å²) in [5.41, 5.74) is 0. The van der Waals surface area contributed by atoms with E-state index < -0.39 is 0 Å². The molecule has 0 saturated heterocycles. The minimum Gasteiger partial charge on any atom is -0.353 e. The molecule has 0 N–H and O–H groups in total. The average Bonchev–Trinajstić information content (AvgIpc) is 2.86. The van der Waals surface area contributed by atoms with Crippen LogP contribution < -0.4 is 4.90 Å². The van der Waals surface area contributed by atoms with Crippen molar-refractivity contribution in [1.82, 2.24) is 9.97 Å². The average molecular weight is 295 g/mol. The van der Waals surface area contributed by atoms with Gasteiger partial charge >= 0.3 is 0 Å². The molecule has 0 aromatic carbocycles. The van der Waals surface area contributed by atoms with E-state index in [2.05, 4.69) is 37.7 Å². The summed E-state index contributed by atoms with van der Waals surface area (Å²) in [6, 6.07) is 2.55. The zero-order chi connectivity index (χ0) is 12.3. The van der Waals surface area contributed by atoms with E-state index in [-0.39, 0.29) is 5.82 Å². The van der Waals surface area contributed by atoms with Crippen LogP contribution in [0, 0.1) is 11.3 Å². The van der Waals surface area contributed by atoms with Crippen molar-refractivity contribution in [3.63, 3.8) is 0 Å². The van der Waals surface area contributed by atoms with Crippen LogP contribution in [0.5, 0.6) is 0 Å². The molecule has 5 heteroatoms. The first kappa shape index (κ1) is 12.3. The Balaban J connectivity index is 2.32. The Morgan fingerprint density at radius 2 is 2.24 bits per heavy atom. The lowest BCUT2D eigenvalue weighted by Gasteiger charge is -2.29. The van der Waals surface area contributed by atoms with Gasteiger partial charge in [-0.2, -0.15) is 5.26 Å². The van der Waals surface area contributed by atoms with Gasteiger partial charge in [0.25, 0.3) is 0 Å². The lowest BCUT2D eigenvalue weighted by atomic mass is 10.2. The van der Waals surface area contributed by atoms with Crippen molar-refractivity contribution in [1.29, 1.82) is 5.26 Å². The Morgan fingerprint density at radius 3 is 2.82 bits per heavy atom. The summed E-state index contributed by atoms with van der Waals surface area (Å²) >= 11 is 3.47. The highest BCUT2D eigenvalue weighted by Crippen LogP contribution is 2.30. The van der Waals surface area contributed by atoms with E-state index in [1.807, 2.05) is 6.07 Å². The van der Waals surface area contributed by atoms with Gasteiger partial charge in [-0.25, -0.2) is 9.97 Å². The van der Waals surface area contributed by atoms with Crippen LogP contribution in [0.4, 0.5) is 5.82 Å². The Bertz CT molecular complexity index is 435. The standard InChI is InChI=1S/C12H15BrN4/c1-2-17(9-5-3-4-6-9)12-10(13)8-15-11(7-14)16-12/h8-9H,2-6H2,1H3. The van der Waals surface area contributed by atoms with Gasteiger partial charge in [-0.1, -0.05) is 12.8 Å². The van der Waals surface area contributed by atoms with Crippen LogP contribution in [0.3, 0.4) is 0 Å². The summed E-state index contributed by atoms with van der Waals surface area (Å²) in [5.74, 6) is 1.09. The maximum Gasteiger partial charge on any atom is 0.234 e. The van der Waals surface area contributed by atoms with Gasteiger partial charge in [0.1, 0.15) is 11.9 Å². The van der Waals surface area contributed by atoms with E-state index in [0.717, 1.165) is 16.8 Å². The minimum atomic E-state index is 0.236. The predicted molar refractivity (Wildman–Crippen MR) is 69.7 cm³/mol. The fourth-order valence-corrected chi connectivity index (χ4v) is 2.83. The number of halogens is 1. The monoisotopic (exact) mass is 294 g/mol. The van der Waals surface area contributed by atoms with Gasteiger partial charge in [0.2, 0.25) is 5.82 Å². The third-order valence-corrected chi connectivity index (χ3v) is 3.76. The number of rotatable bonds is 3. The molecule has 0 aliphatic heterocycles. The zero-order valence-corrected chi connectivity index (χ0v) is 11.4. The molecule has 1 aromatic heterocycles. The van der Waals surface area contributed by atoms with Crippen LogP contribution in [-0.4, -0.2) is 22.6 Å². The quantitative estimate of drug-likeness (QED) is 0.860. The van der Waals surface area contributed by atoms with E-state index in [1.165, 1.54) is 25.7 Å². The first-order valence-electron chi connectivity index (χ1n) is 5.95. The van der Waals surface area contributed by atoms with Crippen LogP contribution in [0.15, 0.2) is 10.7 Å². The second kappa shape index (κ2) is 5.46. The third-order valence-electron chi connectivity index (χ3n) is 3.20. The van der Waals surface area contributed by atoms with Crippen molar-refractivity contribution in [3.8, 4) is 6.07 Å². The fourth-order valence-electron chi connectivity index (χ4n) is 2.41. The molecular formula is C12H15BrN4. The second-order valence-electron chi connectivity index (χ2n) is 4.20. The zero-order valence-electron chi connectivity index (χ0n) is 9.86. The van der Waals surface area contributed by atoms with Crippen LogP contribution in [0.1, 0.15) is 38.4 Å². The van der Waals surface area contributed by atoms with E-state index in [9.17, 15) is 0 Å². The summed E-state index contributed by atoms with van der Waals surface area (Å²) in [6.07, 6.45) is 6.67. The van der Waals surface area contributed by atoms with Crippen LogP contribution in [-0.2, 0) is 0 Å². The van der Waals surface area contributed by atoms with Gasteiger partial charge in [-0.05, 0) is 35.7 Å². The van der Waals surface area contributed by atoms with Crippen molar-refractivity contribution >= 4 is 21.7 Å². The first-order valence-corrected chi connectivity index (χ1v) is 6.74. The van der Waals surface area contributed by atoms with Gasteiger partial charge in [0, 0.05) is 18.8 Å². The van der Waals surface area contributed by atoms with Gasteiger partial charge in [-0.3, -0.25) is 0 Å². The first-order chi connectivity index (χ1) is 8.26. The lowest BCUT2D eigenvalue weighted by molar-refractivity contribution is 0.611. The van der Waals surface area contributed by atoms with Crippen molar-refractivity contribution in [2.24, 2.45) is 0 Å². The number of aromatic nitrogens is 2. The van der Waals surface area contributed by atoms with E-state index in [0.29, 0.717) is 6.04 Å². The summed E-state index contributed by atoms with van der Waals surface area (Å²) in [6.45, 7) is 3.03. The molecular weight excluding hydrogens is 280 g/mol. The highest BCUT2D eigenvalue weighted by Gasteiger charge is 2.24. The summed E-state index contributed by atoms with van der Waals surface area (Å²) in [5, 5.41) is 8.86. The van der Waals surface area contributed by atoms with Gasteiger partial charge in [0.05, 0.1) is 4.47 Å². The molecule has 1 fully saturated rings. The molecule has 1 saturated carbocycles. The largest absolute Gasteiger partial charge is 0.353 e. The number of nitrogens with zero attached hydrogens (tertiary/aromatic N) is 4. The smallest absolute Gasteiger partial charge is 0.234 e. The molecule has 0 atom stereocenters. The molecule has 2 rings (SSSR count). The SMILES string of the molecule is CCN(c1nc(C#N)ncc1Br)C1CCCC1. The number of hydrogen-bond donors (Lipinski definition) is 0. The van der Waals surface area contributed by atoms with Crippen molar-refractivity contribution in [2.75, 3.05) is 11.4 Å². The molecule has 0 unspecified atom stereocenters. The van der Waals surface area contributed by atoms with Crippen LogP contribution in [0.25, 0.3) is 0 Å². The minimum absolute atomic E-state index is 0.236. The molecule has 1 aliphatic carbocycles. The highest BCUT2D eigenvalue weighted by atomic mass is 79.9. The summed E-state index contributed by atoms with van der Waals surface area (Å²) in [4.78, 5) is 10.5. The number of nitriles is 1. The van der Waals surface area contributed by atoms with E-state index in [1.54, 1.807) is 6.20 Å². The molecule has 90 valence electrons. The third kappa shape index (κ3) is 2.58. The normalized spacial score (nSPS) is 15.8. The summed E-state index contributed by atoms with van der Waals surface area (Å²) < 4.78 is 0.866. The van der Waals surface area contributed by atoms with Crippen molar-refractivity contribution in [3.05, 3.63) is 16.5 Å². The molecule has 1 aromatic rings. The Kier molecular flexibility index (Phi) is 3.95. The Labute approximate surface area is 110 Å². The maximum atomic E-state index is 8.86.